The second-order valence-electron chi connectivity index (χ2n) is 10.2. The number of piperazine rings is 1. The maximum Gasteiger partial charge on any atom is 0.253 e. The first-order valence-electron chi connectivity index (χ1n) is 13.6. The zero-order valence-corrected chi connectivity index (χ0v) is 23.2. The van der Waals surface area contributed by atoms with E-state index in [9.17, 15) is 18.5 Å². The van der Waals surface area contributed by atoms with Crippen LogP contribution in [-0.4, -0.2) is 64.5 Å². The third-order valence-corrected chi connectivity index (χ3v) is 8.65. The Kier molecular flexibility index (Phi) is 8.35. The molecule has 10 heteroatoms. The molecule has 208 valence electrons. The van der Waals surface area contributed by atoms with Gasteiger partial charge in [-0.1, -0.05) is 36.4 Å². The topological polar surface area (TPSA) is 123 Å². The van der Waals surface area contributed by atoms with Crippen LogP contribution >= 0.6 is 0 Å². The van der Waals surface area contributed by atoms with Crippen molar-refractivity contribution in [2.75, 3.05) is 49.1 Å². The summed E-state index contributed by atoms with van der Waals surface area (Å²) in [5.41, 5.74) is 3.77. The van der Waals surface area contributed by atoms with Gasteiger partial charge < -0.3 is 20.0 Å². The van der Waals surface area contributed by atoms with E-state index in [1.54, 1.807) is 18.2 Å². The Morgan fingerprint density at radius 1 is 0.975 bits per heavy atom. The first-order chi connectivity index (χ1) is 19.3. The van der Waals surface area contributed by atoms with Crippen LogP contribution in [0.15, 0.2) is 77.7 Å². The highest BCUT2D eigenvalue weighted by Gasteiger charge is 2.27. The van der Waals surface area contributed by atoms with Gasteiger partial charge in [0.05, 0.1) is 16.9 Å². The Bertz CT molecular complexity index is 1510. The molecular weight excluding hydrogens is 524 g/mol. The SMILES string of the molecule is N#Cc1ccccc1N(Cc1cccc(C(=O)N2CCN(c3ccccc3S(N)(=O)=O)CC2)c1)C1CCNCC1. The Morgan fingerprint density at radius 3 is 2.40 bits per heavy atom. The molecule has 2 saturated heterocycles. The smallest absolute Gasteiger partial charge is 0.253 e. The number of hydrogen-bond acceptors (Lipinski definition) is 7. The Hall–Kier alpha value is -3.91. The highest BCUT2D eigenvalue weighted by molar-refractivity contribution is 7.89. The van der Waals surface area contributed by atoms with Crippen LogP contribution in [0.2, 0.25) is 0 Å². The second-order valence-corrected chi connectivity index (χ2v) is 11.8. The van der Waals surface area contributed by atoms with E-state index in [2.05, 4.69) is 16.3 Å². The standard InChI is InChI=1S/C30H34N6O3S/c31-21-25-7-1-2-9-27(25)36(26-12-14-33-15-13-26)22-23-6-5-8-24(20-23)30(37)35-18-16-34(17-19-35)28-10-3-4-11-29(28)40(32,38)39/h1-11,20,26,33H,12-19,22H2,(H2,32,38,39). The number of para-hydroxylation sites is 2. The fourth-order valence-electron chi connectivity index (χ4n) is 5.64. The zero-order valence-electron chi connectivity index (χ0n) is 22.4. The number of carbonyl (C=O) groups is 1. The lowest BCUT2D eigenvalue weighted by atomic mass is 10.0. The van der Waals surface area contributed by atoms with Crippen molar-refractivity contribution in [1.82, 2.24) is 10.2 Å². The van der Waals surface area contributed by atoms with Crippen LogP contribution in [0.4, 0.5) is 11.4 Å². The van der Waals surface area contributed by atoms with Crippen molar-refractivity contribution in [1.29, 1.82) is 5.26 Å². The quantitative estimate of drug-likeness (QED) is 0.457. The van der Waals surface area contributed by atoms with Gasteiger partial charge in [0.25, 0.3) is 5.91 Å². The molecule has 2 aliphatic rings. The molecule has 0 atom stereocenters. The van der Waals surface area contributed by atoms with Gasteiger partial charge in [0.1, 0.15) is 11.0 Å². The molecular formula is C30H34N6O3S. The van der Waals surface area contributed by atoms with Gasteiger partial charge >= 0.3 is 0 Å². The maximum atomic E-state index is 13.5. The van der Waals surface area contributed by atoms with Crippen molar-refractivity contribution in [3.05, 3.63) is 89.5 Å². The van der Waals surface area contributed by atoms with E-state index in [0.717, 1.165) is 37.2 Å². The van der Waals surface area contributed by atoms with Crippen LogP contribution in [-0.2, 0) is 16.6 Å². The number of nitrogens with two attached hydrogens (primary N) is 1. The molecule has 0 aliphatic carbocycles. The van der Waals surface area contributed by atoms with Gasteiger partial charge in [0.15, 0.2) is 0 Å². The number of piperidine rings is 1. The number of anilines is 2. The molecule has 3 N–H and O–H groups in total. The molecule has 0 bridgehead atoms. The van der Waals surface area contributed by atoms with Crippen molar-refractivity contribution in [3.63, 3.8) is 0 Å². The number of nitrogens with one attached hydrogen (secondary N) is 1. The molecule has 1 amide bonds. The number of carbonyl (C=O) groups excluding carboxylic acids is 1. The average Bonchev–Trinajstić information content (AvgIpc) is 3.00. The number of rotatable bonds is 7. The second kappa shape index (κ2) is 12.1. The minimum atomic E-state index is -3.85. The van der Waals surface area contributed by atoms with Gasteiger partial charge in [0, 0.05) is 44.3 Å². The maximum absolute atomic E-state index is 13.5. The van der Waals surface area contributed by atoms with Crippen molar-refractivity contribution < 1.29 is 13.2 Å². The van der Waals surface area contributed by atoms with Crippen molar-refractivity contribution in [2.45, 2.75) is 30.3 Å². The molecule has 9 nitrogen and oxygen atoms in total. The fraction of sp³-hybridized carbons (Fsp3) is 0.333. The summed E-state index contributed by atoms with van der Waals surface area (Å²) in [5, 5.41) is 18.6. The minimum Gasteiger partial charge on any atom is -0.367 e. The van der Waals surface area contributed by atoms with Crippen LogP contribution < -0.4 is 20.3 Å². The number of sulfonamides is 1. The monoisotopic (exact) mass is 558 g/mol. The molecule has 3 aromatic rings. The largest absolute Gasteiger partial charge is 0.367 e. The number of hydrogen-bond donors (Lipinski definition) is 2. The van der Waals surface area contributed by atoms with Gasteiger partial charge in [-0.3, -0.25) is 4.79 Å². The normalized spacial score (nSPS) is 16.4. The molecule has 0 radical (unpaired) electrons. The third kappa shape index (κ3) is 6.12. The predicted octanol–water partition coefficient (Wildman–Crippen LogP) is 2.93. The van der Waals surface area contributed by atoms with E-state index < -0.39 is 10.0 Å². The van der Waals surface area contributed by atoms with Gasteiger partial charge in [-0.2, -0.15) is 5.26 Å². The van der Waals surface area contributed by atoms with Crippen molar-refractivity contribution >= 4 is 27.3 Å². The summed E-state index contributed by atoms with van der Waals surface area (Å²) in [6.07, 6.45) is 1.97. The Morgan fingerprint density at radius 2 is 1.68 bits per heavy atom. The summed E-state index contributed by atoms with van der Waals surface area (Å²) in [6.45, 7) is 4.42. The van der Waals surface area contributed by atoms with Gasteiger partial charge in [-0.25, -0.2) is 13.6 Å². The number of amides is 1. The highest BCUT2D eigenvalue weighted by atomic mass is 32.2. The van der Waals surface area contributed by atoms with Gasteiger partial charge in [-0.05, 0) is 67.9 Å². The molecule has 3 aromatic carbocycles. The van der Waals surface area contributed by atoms with Crippen LogP contribution in [0.5, 0.6) is 0 Å². The first-order valence-corrected chi connectivity index (χ1v) is 15.1. The first kappa shape index (κ1) is 27.6. The minimum absolute atomic E-state index is 0.0490. The van der Waals surface area contributed by atoms with Gasteiger partial charge in [0.2, 0.25) is 10.0 Å². The van der Waals surface area contributed by atoms with Crippen LogP contribution in [0.1, 0.15) is 34.3 Å². The van der Waals surface area contributed by atoms with Crippen molar-refractivity contribution in [3.8, 4) is 6.07 Å². The summed E-state index contributed by atoms with van der Waals surface area (Å²) >= 11 is 0. The average molecular weight is 559 g/mol. The fourth-order valence-corrected chi connectivity index (χ4v) is 6.40. The van der Waals surface area contributed by atoms with Crippen LogP contribution in [0.25, 0.3) is 0 Å². The Balaban J connectivity index is 1.31. The molecule has 0 aromatic heterocycles. The lowest BCUT2D eigenvalue weighted by Crippen LogP contribution is -2.49. The van der Waals surface area contributed by atoms with Crippen LogP contribution in [0.3, 0.4) is 0 Å². The van der Waals surface area contributed by atoms with E-state index in [1.165, 1.54) is 6.07 Å². The lowest BCUT2D eigenvalue weighted by Gasteiger charge is -2.37. The molecule has 0 unspecified atom stereocenters. The predicted molar refractivity (Wildman–Crippen MR) is 156 cm³/mol. The summed E-state index contributed by atoms with van der Waals surface area (Å²) < 4.78 is 24.1. The summed E-state index contributed by atoms with van der Waals surface area (Å²) in [7, 11) is -3.85. The third-order valence-electron chi connectivity index (χ3n) is 7.69. The van der Waals surface area contributed by atoms with E-state index in [-0.39, 0.29) is 10.8 Å². The lowest BCUT2D eigenvalue weighted by molar-refractivity contribution is 0.0746. The number of primary sulfonamides is 1. The summed E-state index contributed by atoms with van der Waals surface area (Å²) in [6, 6.07) is 24.8. The van der Waals surface area contributed by atoms with Crippen LogP contribution in [0, 0.1) is 11.3 Å². The number of benzene rings is 3. The molecule has 2 aliphatic heterocycles. The molecule has 2 heterocycles. The van der Waals surface area contributed by atoms with Gasteiger partial charge in [-0.15, -0.1) is 0 Å². The van der Waals surface area contributed by atoms with E-state index in [4.69, 9.17) is 5.14 Å². The van der Waals surface area contributed by atoms with Crippen molar-refractivity contribution in [2.24, 2.45) is 5.14 Å². The highest BCUT2D eigenvalue weighted by Crippen LogP contribution is 2.28. The Labute approximate surface area is 235 Å². The summed E-state index contributed by atoms with van der Waals surface area (Å²) in [5.74, 6) is -0.0490. The molecule has 5 rings (SSSR count). The molecule has 0 spiro atoms. The molecule has 2 fully saturated rings. The number of nitriles is 1. The van der Waals surface area contributed by atoms with E-state index in [1.807, 2.05) is 58.3 Å². The zero-order chi connectivity index (χ0) is 28.1. The van der Waals surface area contributed by atoms with E-state index >= 15 is 0 Å². The molecule has 40 heavy (non-hydrogen) atoms. The summed E-state index contributed by atoms with van der Waals surface area (Å²) in [4.78, 5) is 19.7. The molecule has 0 saturated carbocycles. The number of nitrogens with zero attached hydrogens (tertiary/aromatic N) is 4. The van der Waals surface area contributed by atoms with E-state index in [0.29, 0.717) is 55.6 Å².